The molecule has 0 aliphatic rings. The van der Waals surface area contributed by atoms with Crippen LogP contribution in [0.5, 0.6) is 0 Å². The van der Waals surface area contributed by atoms with E-state index in [2.05, 4.69) is 10.3 Å². The standard InChI is InChI=1S/C9H14N2O/c1-4-10-9(12)8-5-6(2)11-7(8)3/h5,11H,4H2,1-3H3,(H,10,12). The Morgan fingerprint density at radius 1 is 1.58 bits per heavy atom. The van der Waals surface area contributed by atoms with E-state index in [0.29, 0.717) is 6.54 Å². The van der Waals surface area contributed by atoms with E-state index in [-0.39, 0.29) is 5.91 Å². The van der Waals surface area contributed by atoms with Gasteiger partial charge in [-0.15, -0.1) is 0 Å². The van der Waals surface area contributed by atoms with E-state index in [0.717, 1.165) is 17.0 Å². The summed E-state index contributed by atoms with van der Waals surface area (Å²) < 4.78 is 0. The van der Waals surface area contributed by atoms with Crippen LogP contribution < -0.4 is 5.32 Å². The summed E-state index contributed by atoms with van der Waals surface area (Å²) in [6.07, 6.45) is 0. The van der Waals surface area contributed by atoms with E-state index in [1.54, 1.807) is 0 Å². The van der Waals surface area contributed by atoms with Crippen molar-refractivity contribution in [1.29, 1.82) is 0 Å². The molecule has 0 atom stereocenters. The predicted octanol–water partition coefficient (Wildman–Crippen LogP) is 1.38. The molecule has 3 nitrogen and oxygen atoms in total. The summed E-state index contributed by atoms with van der Waals surface area (Å²) in [5.41, 5.74) is 2.70. The van der Waals surface area contributed by atoms with Gasteiger partial charge in [0.2, 0.25) is 0 Å². The molecule has 0 saturated heterocycles. The first kappa shape index (κ1) is 8.84. The lowest BCUT2D eigenvalue weighted by atomic mass is 10.2. The Hall–Kier alpha value is -1.25. The van der Waals surface area contributed by atoms with Crippen LogP contribution in [0.3, 0.4) is 0 Å². The molecule has 0 radical (unpaired) electrons. The second-order valence-electron chi connectivity index (χ2n) is 2.85. The van der Waals surface area contributed by atoms with Crippen molar-refractivity contribution in [2.24, 2.45) is 0 Å². The number of carbonyl (C=O) groups excluding carboxylic acids is 1. The minimum absolute atomic E-state index is 0.000602. The fourth-order valence-corrected chi connectivity index (χ4v) is 1.22. The Bertz CT molecular complexity index is 289. The van der Waals surface area contributed by atoms with Crippen LogP contribution in [0.4, 0.5) is 0 Å². The van der Waals surface area contributed by atoms with Crippen molar-refractivity contribution in [3.8, 4) is 0 Å². The maximum absolute atomic E-state index is 11.3. The van der Waals surface area contributed by atoms with E-state index in [1.807, 2.05) is 26.8 Å². The van der Waals surface area contributed by atoms with Gasteiger partial charge in [0.15, 0.2) is 0 Å². The zero-order valence-electron chi connectivity index (χ0n) is 7.69. The van der Waals surface area contributed by atoms with Crippen molar-refractivity contribution in [2.75, 3.05) is 6.54 Å². The highest BCUT2D eigenvalue weighted by molar-refractivity contribution is 5.95. The van der Waals surface area contributed by atoms with Crippen molar-refractivity contribution in [2.45, 2.75) is 20.8 Å². The van der Waals surface area contributed by atoms with Crippen molar-refractivity contribution in [3.63, 3.8) is 0 Å². The van der Waals surface area contributed by atoms with Gasteiger partial charge in [0.25, 0.3) is 5.91 Å². The molecule has 0 spiro atoms. The number of rotatable bonds is 2. The van der Waals surface area contributed by atoms with Gasteiger partial charge in [0.1, 0.15) is 0 Å². The topological polar surface area (TPSA) is 44.9 Å². The number of amides is 1. The van der Waals surface area contributed by atoms with E-state index in [9.17, 15) is 4.79 Å². The second-order valence-corrected chi connectivity index (χ2v) is 2.85. The summed E-state index contributed by atoms with van der Waals surface area (Å²) in [6.45, 7) is 6.42. The van der Waals surface area contributed by atoms with Gasteiger partial charge in [0, 0.05) is 17.9 Å². The fourth-order valence-electron chi connectivity index (χ4n) is 1.22. The Morgan fingerprint density at radius 2 is 2.25 bits per heavy atom. The minimum atomic E-state index is -0.000602. The molecule has 0 aliphatic carbocycles. The number of aryl methyl sites for hydroxylation is 2. The third-order valence-corrected chi connectivity index (χ3v) is 1.73. The Morgan fingerprint density at radius 3 is 2.67 bits per heavy atom. The number of carbonyl (C=O) groups is 1. The van der Waals surface area contributed by atoms with Gasteiger partial charge in [-0.3, -0.25) is 4.79 Å². The molecule has 1 aromatic rings. The van der Waals surface area contributed by atoms with Crippen LogP contribution in [0.25, 0.3) is 0 Å². The largest absolute Gasteiger partial charge is 0.362 e. The van der Waals surface area contributed by atoms with Gasteiger partial charge in [-0.25, -0.2) is 0 Å². The molecule has 0 saturated carbocycles. The molecule has 1 rings (SSSR count). The van der Waals surface area contributed by atoms with Crippen LogP contribution >= 0.6 is 0 Å². The monoisotopic (exact) mass is 166 g/mol. The highest BCUT2D eigenvalue weighted by Gasteiger charge is 2.09. The van der Waals surface area contributed by atoms with E-state index in [4.69, 9.17) is 0 Å². The summed E-state index contributed by atoms with van der Waals surface area (Å²) in [5, 5.41) is 2.76. The molecule has 0 fully saturated rings. The summed E-state index contributed by atoms with van der Waals surface area (Å²) in [5.74, 6) is -0.000602. The summed E-state index contributed by atoms with van der Waals surface area (Å²) >= 11 is 0. The summed E-state index contributed by atoms with van der Waals surface area (Å²) in [7, 11) is 0. The maximum Gasteiger partial charge on any atom is 0.253 e. The average Bonchev–Trinajstić information content (AvgIpc) is 2.30. The third-order valence-electron chi connectivity index (χ3n) is 1.73. The quantitative estimate of drug-likeness (QED) is 0.685. The van der Waals surface area contributed by atoms with Crippen molar-refractivity contribution >= 4 is 5.91 Å². The normalized spacial score (nSPS) is 9.92. The van der Waals surface area contributed by atoms with Crippen molar-refractivity contribution in [3.05, 3.63) is 23.0 Å². The molecule has 0 aromatic carbocycles. The Balaban J connectivity index is 2.87. The van der Waals surface area contributed by atoms with Crippen molar-refractivity contribution in [1.82, 2.24) is 10.3 Å². The van der Waals surface area contributed by atoms with Crippen LogP contribution in [-0.4, -0.2) is 17.4 Å². The lowest BCUT2D eigenvalue weighted by Gasteiger charge is -1.99. The second kappa shape index (κ2) is 3.43. The van der Waals surface area contributed by atoms with Crippen molar-refractivity contribution < 1.29 is 4.79 Å². The van der Waals surface area contributed by atoms with Gasteiger partial charge in [-0.05, 0) is 26.8 Å². The highest BCUT2D eigenvalue weighted by atomic mass is 16.1. The Labute approximate surface area is 72.2 Å². The van der Waals surface area contributed by atoms with E-state index >= 15 is 0 Å². The number of H-pyrrole nitrogens is 1. The molecule has 0 bridgehead atoms. The van der Waals surface area contributed by atoms with Crippen LogP contribution in [-0.2, 0) is 0 Å². The van der Waals surface area contributed by atoms with Crippen LogP contribution in [0.2, 0.25) is 0 Å². The summed E-state index contributed by atoms with van der Waals surface area (Å²) in [6, 6.07) is 1.86. The molecule has 12 heavy (non-hydrogen) atoms. The molecule has 2 N–H and O–H groups in total. The Kier molecular flexibility index (Phi) is 2.53. The van der Waals surface area contributed by atoms with Gasteiger partial charge < -0.3 is 10.3 Å². The first-order chi connectivity index (χ1) is 5.65. The van der Waals surface area contributed by atoms with Crippen LogP contribution in [0, 0.1) is 13.8 Å². The lowest BCUT2D eigenvalue weighted by molar-refractivity contribution is 0.0955. The molecule has 0 unspecified atom stereocenters. The molecular formula is C9H14N2O. The van der Waals surface area contributed by atoms with Gasteiger partial charge in [-0.1, -0.05) is 0 Å². The van der Waals surface area contributed by atoms with E-state index < -0.39 is 0 Å². The van der Waals surface area contributed by atoms with Gasteiger partial charge in [0.05, 0.1) is 5.56 Å². The SMILES string of the molecule is CCNC(=O)c1cc(C)[nH]c1C. The number of aromatic amines is 1. The minimum Gasteiger partial charge on any atom is -0.362 e. The molecular weight excluding hydrogens is 152 g/mol. The fraction of sp³-hybridized carbons (Fsp3) is 0.444. The predicted molar refractivity (Wildman–Crippen MR) is 48.3 cm³/mol. The molecule has 66 valence electrons. The molecule has 0 aliphatic heterocycles. The first-order valence-electron chi connectivity index (χ1n) is 4.09. The smallest absolute Gasteiger partial charge is 0.253 e. The van der Waals surface area contributed by atoms with Crippen LogP contribution in [0.15, 0.2) is 6.07 Å². The van der Waals surface area contributed by atoms with Gasteiger partial charge in [-0.2, -0.15) is 0 Å². The average molecular weight is 166 g/mol. The number of hydrogen-bond donors (Lipinski definition) is 2. The molecule has 1 amide bonds. The maximum atomic E-state index is 11.3. The number of hydrogen-bond acceptors (Lipinski definition) is 1. The molecule has 1 aromatic heterocycles. The van der Waals surface area contributed by atoms with E-state index in [1.165, 1.54) is 0 Å². The van der Waals surface area contributed by atoms with Gasteiger partial charge >= 0.3 is 0 Å². The zero-order valence-corrected chi connectivity index (χ0v) is 7.69. The third kappa shape index (κ3) is 1.67. The summed E-state index contributed by atoms with van der Waals surface area (Å²) in [4.78, 5) is 14.4. The number of nitrogens with one attached hydrogen (secondary N) is 2. The lowest BCUT2D eigenvalue weighted by Crippen LogP contribution is -2.22. The molecule has 1 heterocycles. The zero-order chi connectivity index (χ0) is 9.14. The first-order valence-corrected chi connectivity index (χ1v) is 4.09. The number of aromatic nitrogens is 1. The van der Waals surface area contributed by atoms with Crippen LogP contribution in [0.1, 0.15) is 28.7 Å². The molecule has 3 heteroatoms. The highest BCUT2D eigenvalue weighted by Crippen LogP contribution is 2.08.